The van der Waals surface area contributed by atoms with Crippen molar-refractivity contribution in [2.45, 2.75) is 33.2 Å². The first-order valence-corrected chi connectivity index (χ1v) is 8.72. The van der Waals surface area contributed by atoms with E-state index in [0.717, 1.165) is 0 Å². The van der Waals surface area contributed by atoms with Gasteiger partial charge in [0.05, 0.1) is 26.4 Å². The van der Waals surface area contributed by atoms with E-state index in [0.29, 0.717) is 24.5 Å². The van der Waals surface area contributed by atoms with Gasteiger partial charge in [-0.3, -0.25) is 4.79 Å². The average Bonchev–Trinajstić information content (AvgIpc) is 2.69. The maximum atomic E-state index is 12.2. The van der Waals surface area contributed by atoms with Crippen LogP contribution in [-0.2, 0) is 19.1 Å². The lowest BCUT2D eigenvalue weighted by Gasteiger charge is -2.21. The van der Waals surface area contributed by atoms with Crippen molar-refractivity contribution in [3.63, 3.8) is 0 Å². The second-order valence-corrected chi connectivity index (χ2v) is 5.83. The molecule has 8 nitrogen and oxygen atoms in total. The van der Waals surface area contributed by atoms with Crippen molar-refractivity contribution in [3.8, 4) is 11.5 Å². The van der Waals surface area contributed by atoms with Gasteiger partial charge >= 0.3 is 11.9 Å². The van der Waals surface area contributed by atoms with Gasteiger partial charge in [-0.25, -0.2) is 9.59 Å². The van der Waals surface area contributed by atoms with Crippen LogP contribution in [0.1, 0.15) is 37.6 Å². The van der Waals surface area contributed by atoms with Gasteiger partial charge in [-0.15, -0.1) is 0 Å². The molecule has 27 heavy (non-hydrogen) atoms. The zero-order chi connectivity index (χ0) is 20.4. The molecule has 1 aromatic rings. The van der Waals surface area contributed by atoms with E-state index in [1.54, 1.807) is 6.07 Å². The van der Waals surface area contributed by atoms with Gasteiger partial charge < -0.3 is 24.3 Å². The van der Waals surface area contributed by atoms with Crippen molar-refractivity contribution in [3.05, 3.63) is 23.8 Å². The van der Waals surface area contributed by atoms with Gasteiger partial charge in [-0.1, -0.05) is 20.3 Å². The lowest BCUT2D eigenvalue weighted by molar-refractivity contribution is -0.147. The fourth-order valence-corrected chi connectivity index (χ4v) is 2.30. The van der Waals surface area contributed by atoms with Crippen LogP contribution in [0.4, 0.5) is 0 Å². The number of benzene rings is 1. The second kappa shape index (κ2) is 11.1. The number of ether oxygens (including phenoxy) is 4. The average molecular weight is 381 g/mol. The number of esters is 2. The van der Waals surface area contributed by atoms with Crippen LogP contribution in [-0.4, -0.2) is 51.3 Å². The van der Waals surface area contributed by atoms with E-state index in [1.807, 2.05) is 20.8 Å². The predicted octanol–water partition coefficient (Wildman–Crippen LogP) is 1.95. The largest absolute Gasteiger partial charge is 0.493 e. The number of rotatable bonds is 10. The summed E-state index contributed by atoms with van der Waals surface area (Å²) in [6, 6.07) is 3.79. The summed E-state index contributed by atoms with van der Waals surface area (Å²) in [6.07, 6.45) is 0.672. The third kappa shape index (κ3) is 6.47. The number of methoxy groups -OCH3 is 2. The van der Waals surface area contributed by atoms with Gasteiger partial charge in [0.25, 0.3) is 5.91 Å². The first-order chi connectivity index (χ1) is 12.9. The minimum atomic E-state index is -0.795. The summed E-state index contributed by atoms with van der Waals surface area (Å²) in [7, 11) is 2.71. The summed E-state index contributed by atoms with van der Waals surface area (Å²) in [5.41, 5.74) is 0.217. The third-order valence-corrected chi connectivity index (χ3v) is 4.02. The predicted molar refractivity (Wildman–Crippen MR) is 97.8 cm³/mol. The molecule has 0 heterocycles. The van der Waals surface area contributed by atoms with Crippen molar-refractivity contribution >= 4 is 17.8 Å². The van der Waals surface area contributed by atoms with Gasteiger partial charge in [-0.05, 0) is 31.0 Å². The molecule has 0 saturated carbocycles. The Morgan fingerprint density at radius 3 is 2.37 bits per heavy atom. The van der Waals surface area contributed by atoms with Gasteiger partial charge in [0.2, 0.25) is 0 Å². The zero-order valence-corrected chi connectivity index (χ0v) is 16.4. The van der Waals surface area contributed by atoms with E-state index in [2.05, 4.69) is 5.32 Å². The number of carbonyl (C=O) groups excluding carboxylic acids is 3. The van der Waals surface area contributed by atoms with Crippen molar-refractivity contribution < 1.29 is 33.3 Å². The van der Waals surface area contributed by atoms with Crippen LogP contribution in [0.15, 0.2) is 18.2 Å². The van der Waals surface area contributed by atoms with E-state index in [1.165, 1.54) is 26.4 Å². The molecule has 1 amide bonds. The fourth-order valence-electron chi connectivity index (χ4n) is 2.30. The maximum absolute atomic E-state index is 12.2. The number of amides is 1. The highest BCUT2D eigenvalue weighted by atomic mass is 16.5. The molecule has 0 bridgehead atoms. The molecule has 1 aromatic carbocycles. The summed E-state index contributed by atoms with van der Waals surface area (Å²) in [5, 5.41) is 2.54. The molecule has 0 aliphatic carbocycles. The summed E-state index contributed by atoms with van der Waals surface area (Å²) in [6.45, 7) is 5.49. The van der Waals surface area contributed by atoms with E-state index < -0.39 is 30.5 Å². The van der Waals surface area contributed by atoms with Crippen molar-refractivity contribution in [1.29, 1.82) is 0 Å². The molecular formula is C19H27NO7. The van der Waals surface area contributed by atoms with Crippen LogP contribution in [0.25, 0.3) is 0 Å². The summed E-state index contributed by atoms with van der Waals surface area (Å²) >= 11 is 0. The number of carbonyl (C=O) groups is 3. The molecule has 1 rings (SSSR count). The van der Waals surface area contributed by atoms with Gasteiger partial charge in [0.15, 0.2) is 18.1 Å². The molecule has 8 heteroatoms. The zero-order valence-electron chi connectivity index (χ0n) is 16.4. The molecule has 0 saturated heterocycles. The SMILES string of the molecule is CCOc1ccc(C(=O)OCC(=O)N[C@H](C(=O)OC)[C@H](C)CC)cc1OC. The quantitative estimate of drug-likeness (QED) is 0.618. The van der Waals surface area contributed by atoms with E-state index in [4.69, 9.17) is 18.9 Å². The Hall–Kier alpha value is -2.77. The van der Waals surface area contributed by atoms with Gasteiger partial charge in [0, 0.05) is 0 Å². The van der Waals surface area contributed by atoms with Crippen molar-refractivity contribution in [1.82, 2.24) is 5.32 Å². The first-order valence-electron chi connectivity index (χ1n) is 8.72. The molecule has 150 valence electrons. The Bertz CT molecular complexity index is 659. The summed E-state index contributed by atoms with van der Waals surface area (Å²) < 4.78 is 20.3. The highest BCUT2D eigenvalue weighted by Crippen LogP contribution is 2.28. The van der Waals surface area contributed by atoms with Crippen molar-refractivity contribution in [2.75, 3.05) is 27.4 Å². The Labute approximate surface area is 159 Å². The standard InChI is InChI=1S/C19H27NO7/c1-6-12(3)17(19(23)25-5)20-16(21)11-27-18(22)13-8-9-14(26-7-2)15(10-13)24-4/h8-10,12,17H,6-7,11H2,1-5H3,(H,20,21)/t12-,17+/m1/s1. The lowest BCUT2D eigenvalue weighted by Crippen LogP contribution is -2.47. The molecule has 0 unspecified atom stereocenters. The molecule has 2 atom stereocenters. The van der Waals surface area contributed by atoms with Gasteiger partial charge in [0.1, 0.15) is 6.04 Å². The monoisotopic (exact) mass is 381 g/mol. The van der Waals surface area contributed by atoms with Crippen LogP contribution in [0.3, 0.4) is 0 Å². The van der Waals surface area contributed by atoms with E-state index in [9.17, 15) is 14.4 Å². The Kier molecular flexibility index (Phi) is 9.12. The molecule has 0 radical (unpaired) electrons. The molecule has 0 aliphatic heterocycles. The van der Waals surface area contributed by atoms with Crippen LogP contribution >= 0.6 is 0 Å². The molecule has 0 aromatic heterocycles. The van der Waals surface area contributed by atoms with Crippen LogP contribution in [0.2, 0.25) is 0 Å². The minimum Gasteiger partial charge on any atom is -0.493 e. The molecular weight excluding hydrogens is 354 g/mol. The van der Waals surface area contributed by atoms with Crippen LogP contribution in [0.5, 0.6) is 11.5 Å². The summed E-state index contributed by atoms with van der Waals surface area (Å²) in [5.74, 6) is -1.05. The smallest absolute Gasteiger partial charge is 0.338 e. The number of hydrogen-bond donors (Lipinski definition) is 1. The van der Waals surface area contributed by atoms with E-state index >= 15 is 0 Å². The lowest BCUT2D eigenvalue weighted by atomic mass is 9.99. The number of nitrogens with one attached hydrogen (secondary N) is 1. The molecule has 1 N–H and O–H groups in total. The minimum absolute atomic E-state index is 0.118. The highest BCUT2D eigenvalue weighted by Gasteiger charge is 2.27. The van der Waals surface area contributed by atoms with E-state index in [-0.39, 0.29) is 11.5 Å². The summed E-state index contributed by atoms with van der Waals surface area (Å²) in [4.78, 5) is 36.0. The second-order valence-electron chi connectivity index (χ2n) is 5.83. The highest BCUT2D eigenvalue weighted by molar-refractivity contribution is 5.92. The Balaban J connectivity index is 2.70. The van der Waals surface area contributed by atoms with Gasteiger partial charge in [-0.2, -0.15) is 0 Å². The number of hydrogen-bond acceptors (Lipinski definition) is 7. The molecule has 0 aliphatic rings. The maximum Gasteiger partial charge on any atom is 0.338 e. The molecule has 0 spiro atoms. The van der Waals surface area contributed by atoms with Crippen LogP contribution < -0.4 is 14.8 Å². The van der Waals surface area contributed by atoms with Crippen molar-refractivity contribution in [2.24, 2.45) is 5.92 Å². The Morgan fingerprint density at radius 2 is 1.81 bits per heavy atom. The molecule has 0 fully saturated rings. The third-order valence-electron chi connectivity index (χ3n) is 4.02. The topological polar surface area (TPSA) is 100 Å². The Morgan fingerprint density at radius 1 is 1.11 bits per heavy atom. The normalized spacial score (nSPS) is 12.5. The first kappa shape index (κ1) is 22.3. The fraction of sp³-hybridized carbons (Fsp3) is 0.526. The van der Waals surface area contributed by atoms with Crippen LogP contribution in [0, 0.1) is 5.92 Å².